The second kappa shape index (κ2) is 6.17. The van der Waals surface area contributed by atoms with Crippen molar-refractivity contribution in [2.75, 3.05) is 18.6 Å². The molecule has 2 aromatic rings. The van der Waals surface area contributed by atoms with Gasteiger partial charge in [0.1, 0.15) is 11.4 Å². The maximum atomic E-state index is 12.9. The molecule has 22 heavy (non-hydrogen) atoms. The summed E-state index contributed by atoms with van der Waals surface area (Å²) in [5.41, 5.74) is -0.505. The fourth-order valence-corrected chi connectivity index (χ4v) is 1.74. The Morgan fingerprint density at radius 2 is 1.82 bits per heavy atom. The predicted molar refractivity (Wildman–Crippen MR) is 72.7 cm³/mol. The van der Waals surface area contributed by atoms with E-state index in [1.54, 1.807) is 14.0 Å². The molecule has 1 aromatic heterocycles. The zero-order chi connectivity index (χ0) is 16.3. The molecule has 118 valence electrons. The largest absolute Gasteiger partial charge is 0.477 e. The van der Waals surface area contributed by atoms with E-state index in [1.807, 2.05) is 0 Å². The van der Waals surface area contributed by atoms with Crippen LogP contribution in [0.15, 0.2) is 30.5 Å². The van der Waals surface area contributed by atoms with Gasteiger partial charge in [0.25, 0.3) is 0 Å². The lowest BCUT2D eigenvalue weighted by Crippen LogP contribution is -2.17. The van der Waals surface area contributed by atoms with Crippen molar-refractivity contribution in [3.8, 4) is 5.88 Å². The van der Waals surface area contributed by atoms with E-state index in [1.165, 1.54) is 29.2 Å². The number of anilines is 2. The van der Waals surface area contributed by atoms with Crippen LogP contribution in [0.25, 0.3) is 0 Å². The third-order valence-electron chi connectivity index (χ3n) is 2.84. The SMILES string of the molecule is CCOc1nc(N(C)c2ccc(F)cc2)ncc1C(F)(F)F. The fraction of sp³-hybridized carbons (Fsp3) is 0.286. The van der Waals surface area contributed by atoms with Crippen molar-refractivity contribution >= 4 is 11.6 Å². The van der Waals surface area contributed by atoms with Crippen LogP contribution in [0.5, 0.6) is 5.88 Å². The van der Waals surface area contributed by atoms with Crippen LogP contribution in [0, 0.1) is 5.82 Å². The standard InChI is InChI=1S/C14H13F4N3O/c1-3-22-12-11(14(16,17)18)8-19-13(20-12)21(2)10-6-4-9(15)5-7-10/h4-8H,3H2,1-2H3. The van der Waals surface area contributed by atoms with Crippen molar-refractivity contribution in [3.63, 3.8) is 0 Å². The maximum absolute atomic E-state index is 12.9. The summed E-state index contributed by atoms with van der Waals surface area (Å²) in [5, 5.41) is 0. The molecule has 0 aliphatic heterocycles. The molecule has 4 nitrogen and oxygen atoms in total. The Balaban J connectivity index is 2.39. The molecule has 0 N–H and O–H groups in total. The molecule has 0 fully saturated rings. The summed E-state index contributed by atoms with van der Waals surface area (Å²) in [5.74, 6) is -0.933. The molecule has 0 saturated carbocycles. The highest BCUT2D eigenvalue weighted by atomic mass is 19.4. The number of rotatable bonds is 4. The van der Waals surface area contributed by atoms with Crippen molar-refractivity contribution in [2.45, 2.75) is 13.1 Å². The van der Waals surface area contributed by atoms with Gasteiger partial charge < -0.3 is 9.64 Å². The van der Waals surface area contributed by atoms with Crippen LogP contribution in [0.2, 0.25) is 0 Å². The van der Waals surface area contributed by atoms with Crippen molar-refractivity contribution in [1.82, 2.24) is 9.97 Å². The third kappa shape index (κ3) is 3.44. The second-order valence-electron chi connectivity index (χ2n) is 4.36. The number of hydrogen-bond acceptors (Lipinski definition) is 4. The summed E-state index contributed by atoms with van der Waals surface area (Å²) >= 11 is 0. The Hall–Kier alpha value is -2.38. The van der Waals surface area contributed by atoms with Crippen LogP contribution in [0.3, 0.4) is 0 Å². The smallest absolute Gasteiger partial charge is 0.423 e. The van der Waals surface area contributed by atoms with Gasteiger partial charge in [0.2, 0.25) is 11.8 Å². The van der Waals surface area contributed by atoms with Gasteiger partial charge in [-0.1, -0.05) is 0 Å². The molecular formula is C14H13F4N3O. The molecule has 0 bridgehead atoms. The molecular weight excluding hydrogens is 302 g/mol. The summed E-state index contributed by atoms with van der Waals surface area (Å²) in [6.07, 6.45) is -3.93. The molecule has 0 spiro atoms. The molecule has 8 heteroatoms. The number of alkyl halides is 3. The van der Waals surface area contributed by atoms with Crippen molar-refractivity contribution in [2.24, 2.45) is 0 Å². The number of aromatic nitrogens is 2. The van der Waals surface area contributed by atoms with E-state index in [-0.39, 0.29) is 12.6 Å². The van der Waals surface area contributed by atoms with Crippen LogP contribution in [0.4, 0.5) is 29.2 Å². The lowest BCUT2D eigenvalue weighted by Gasteiger charge is -2.19. The predicted octanol–water partition coefficient (Wildman–Crippen LogP) is 3.80. The van der Waals surface area contributed by atoms with E-state index in [0.717, 1.165) is 0 Å². The monoisotopic (exact) mass is 315 g/mol. The van der Waals surface area contributed by atoms with Crippen molar-refractivity contribution in [3.05, 3.63) is 41.8 Å². The van der Waals surface area contributed by atoms with Gasteiger partial charge in [0, 0.05) is 18.9 Å². The van der Waals surface area contributed by atoms with Crippen molar-refractivity contribution < 1.29 is 22.3 Å². The third-order valence-corrected chi connectivity index (χ3v) is 2.84. The minimum absolute atomic E-state index is 0.0167. The lowest BCUT2D eigenvalue weighted by molar-refractivity contribution is -0.139. The normalized spacial score (nSPS) is 11.4. The van der Waals surface area contributed by atoms with Crippen molar-refractivity contribution in [1.29, 1.82) is 0 Å². The highest BCUT2D eigenvalue weighted by molar-refractivity contribution is 5.56. The topological polar surface area (TPSA) is 38.2 Å². The zero-order valence-corrected chi connectivity index (χ0v) is 11.9. The molecule has 2 rings (SSSR count). The van der Waals surface area contributed by atoms with Crippen LogP contribution in [0.1, 0.15) is 12.5 Å². The molecule has 0 atom stereocenters. The Bertz CT molecular complexity index is 644. The van der Waals surface area contributed by atoms with Gasteiger partial charge in [-0.25, -0.2) is 9.37 Å². The molecule has 0 aliphatic rings. The Kier molecular flexibility index (Phi) is 4.48. The van der Waals surface area contributed by atoms with Crippen LogP contribution < -0.4 is 9.64 Å². The minimum Gasteiger partial charge on any atom is -0.477 e. The quantitative estimate of drug-likeness (QED) is 0.804. The zero-order valence-electron chi connectivity index (χ0n) is 11.9. The molecule has 0 amide bonds. The van der Waals surface area contributed by atoms with E-state index in [9.17, 15) is 17.6 Å². The highest BCUT2D eigenvalue weighted by Gasteiger charge is 2.36. The van der Waals surface area contributed by atoms with E-state index in [4.69, 9.17) is 4.74 Å². The first-order chi connectivity index (χ1) is 10.3. The van der Waals surface area contributed by atoms with Crippen LogP contribution in [-0.4, -0.2) is 23.6 Å². The molecule has 0 unspecified atom stereocenters. The summed E-state index contributed by atoms with van der Waals surface area (Å²) in [6, 6.07) is 5.41. The highest BCUT2D eigenvalue weighted by Crippen LogP contribution is 2.35. The number of ether oxygens (including phenoxy) is 1. The van der Waals surface area contributed by atoms with Gasteiger partial charge in [-0.3, -0.25) is 0 Å². The Labute approximate surface area is 124 Å². The Morgan fingerprint density at radius 3 is 2.36 bits per heavy atom. The van der Waals surface area contributed by atoms with Gasteiger partial charge in [0.05, 0.1) is 6.61 Å². The molecule has 0 saturated heterocycles. The number of benzene rings is 1. The van der Waals surface area contributed by atoms with Crippen LogP contribution >= 0.6 is 0 Å². The average Bonchev–Trinajstić information content (AvgIpc) is 2.46. The van der Waals surface area contributed by atoms with E-state index in [2.05, 4.69) is 9.97 Å². The first-order valence-corrected chi connectivity index (χ1v) is 6.39. The first-order valence-electron chi connectivity index (χ1n) is 6.39. The van der Waals surface area contributed by atoms with Gasteiger partial charge >= 0.3 is 6.18 Å². The summed E-state index contributed by atoms with van der Waals surface area (Å²) in [7, 11) is 1.56. The van der Waals surface area contributed by atoms with Gasteiger partial charge in [-0.2, -0.15) is 18.2 Å². The summed E-state index contributed by atoms with van der Waals surface area (Å²) < 4.78 is 56.4. The molecule has 1 heterocycles. The summed E-state index contributed by atoms with van der Waals surface area (Å²) in [6.45, 7) is 1.60. The van der Waals surface area contributed by atoms with Gasteiger partial charge in [0.15, 0.2) is 0 Å². The lowest BCUT2D eigenvalue weighted by atomic mass is 10.3. The molecule has 0 radical (unpaired) electrons. The molecule has 1 aromatic carbocycles. The fourth-order valence-electron chi connectivity index (χ4n) is 1.74. The van der Waals surface area contributed by atoms with E-state index in [0.29, 0.717) is 11.9 Å². The van der Waals surface area contributed by atoms with Gasteiger partial charge in [-0.15, -0.1) is 0 Å². The Morgan fingerprint density at radius 1 is 1.18 bits per heavy atom. The van der Waals surface area contributed by atoms with Crippen LogP contribution in [-0.2, 0) is 6.18 Å². The van der Waals surface area contributed by atoms with Gasteiger partial charge in [-0.05, 0) is 31.2 Å². The average molecular weight is 315 g/mol. The van der Waals surface area contributed by atoms with E-state index >= 15 is 0 Å². The second-order valence-corrected chi connectivity index (χ2v) is 4.36. The minimum atomic E-state index is -4.60. The maximum Gasteiger partial charge on any atom is 0.423 e. The first kappa shape index (κ1) is 16.0. The number of nitrogens with zero attached hydrogens (tertiary/aromatic N) is 3. The number of hydrogen-bond donors (Lipinski definition) is 0. The number of halogens is 4. The summed E-state index contributed by atoms with van der Waals surface area (Å²) in [4.78, 5) is 8.95. The van der Waals surface area contributed by atoms with E-state index < -0.39 is 23.4 Å². The molecule has 0 aliphatic carbocycles.